The van der Waals surface area contributed by atoms with Crippen molar-refractivity contribution >= 4 is 5.91 Å². The highest BCUT2D eigenvalue weighted by Gasteiger charge is 2.19. The summed E-state index contributed by atoms with van der Waals surface area (Å²) < 4.78 is 0. The average molecular weight is 172 g/mol. The molecule has 1 rings (SSSR count). The maximum Gasteiger partial charge on any atom is 0.247 e. The van der Waals surface area contributed by atoms with E-state index in [0.29, 0.717) is 12.5 Å². The van der Waals surface area contributed by atoms with Crippen LogP contribution >= 0.6 is 0 Å². The van der Waals surface area contributed by atoms with E-state index in [0.717, 1.165) is 13.0 Å². The molecule has 1 saturated heterocycles. The molecule has 1 atom stereocenters. The number of nitrogens with one attached hydrogen (secondary N) is 1. The maximum atomic E-state index is 11.3. The van der Waals surface area contributed by atoms with Crippen molar-refractivity contribution < 1.29 is 9.63 Å². The fourth-order valence-corrected chi connectivity index (χ4v) is 1.37. The standard InChI is InChI=1S/C8H16N2O2/c1-10(12-2)8(11)6-7-4-3-5-9-7/h7,9H,3-6H2,1-2H3. The van der Waals surface area contributed by atoms with Gasteiger partial charge in [0.15, 0.2) is 0 Å². The molecule has 1 N–H and O–H groups in total. The molecule has 0 aromatic carbocycles. The molecule has 1 aliphatic rings. The van der Waals surface area contributed by atoms with Crippen molar-refractivity contribution in [3.05, 3.63) is 0 Å². The number of hydrogen-bond acceptors (Lipinski definition) is 3. The highest BCUT2D eigenvalue weighted by molar-refractivity contribution is 5.75. The fourth-order valence-electron chi connectivity index (χ4n) is 1.37. The summed E-state index contributed by atoms with van der Waals surface area (Å²) in [5, 5.41) is 4.54. The van der Waals surface area contributed by atoms with Crippen LogP contribution in [0.5, 0.6) is 0 Å². The van der Waals surface area contributed by atoms with E-state index >= 15 is 0 Å². The Hall–Kier alpha value is -0.610. The van der Waals surface area contributed by atoms with Gasteiger partial charge in [0, 0.05) is 19.5 Å². The van der Waals surface area contributed by atoms with Crippen molar-refractivity contribution in [3.8, 4) is 0 Å². The molecule has 4 heteroatoms. The lowest BCUT2D eigenvalue weighted by molar-refractivity contribution is -0.169. The molecule has 1 heterocycles. The zero-order valence-electron chi connectivity index (χ0n) is 7.67. The van der Waals surface area contributed by atoms with Gasteiger partial charge in [-0.25, -0.2) is 5.06 Å². The monoisotopic (exact) mass is 172 g/mol. The zero-order chi connectivity index (χ0) is 8.97. The first-order chi connectivity index (χ1) is 5.74. The third-order valence-corrected chi connectivity index (χ3v) is 2.21. The van der Waals surface area contributed by atoms with Gasteiger partial charge in [-0.3, -0.25) is 9.63 Å². The van der Waals surface area contributed by atoms with E-state index in [9.17, 15) is 4.79 Å². The number of nitrogens with zero attached hydrogens (tertiary/aromatic N) is 1. The Morgan fingerprint density at radius 2 is 2.50 bits per heavy atom. The first kappa shape index (κ1) is 9.48. The quantitative estimate of drug-likeness (QED) is 0.616. The number of hydrogen-bond donors (Lipinski definition) is 1. The summed E-state index contributed by atoms with van der Waals surface area (Å²) in [7, 11) is 3.14. The van der Waals surface area contributed by atoms with Crippen molar-refractivity contribution in [3.63, 3.8) is 0 Å². The van der Waals surface area contributed by atoms with Crippen LogP contribution in [0.1, 0.15) is 19.3 Å². The summed E-state index contributed by atoms with van der Waals surface area (Å²) in [6, 6.07) is 0.357. The number of carbonyl (C=O) groups is 1. The lowest BCUT2D eigenvalue weighted by atomic mass is 10.1. The van der Waals surface area contributed by atoms with Crippen LogP contribution in [-0.4, -0.2) is 37.7 Å². The average Bonchev–Trinajstić information content (AvgIpc) is 2.55. The van der Waals surface area contributed by atoms with Crippen molar-refractivity contribution in [2.24, 2.45) is 0 Å². The van der Waals surface area contributed by atoms with Crippen LogP contribution in [0.3, 0.4) is 0 Å². The minimum atomic E-state index is 0.0388. The van der Waals surface area contributed by atoms with Crippen LogP contribution < -0.4 is 5.32 Å². The molecule has 1 aliphatic heterocycles. The van der Waals surface area contributed by atoms with Crippen molar-refractivity contribution in [1.82, 2.24) is 10.4 Å². The molecule has 0 spiro atoms. The topological polar surface area (TPSA) is 41.6 Å². The van der Waals surface area contributed by atoms with E-state index in [1.54, 1.807) is 7.05 Å². The first-order valence-electron chi connectivity index (χ1n) is 4.28. The van der Waals surface area contributed by atoms with Crippen molar-refractivity contribution in [1.29, 1.82) is 0 Å². The summed E-state index contributed by atoms with van der Waals surface area (Å²) >= 11 is 0. The molecule has 12 heavy (non-hydrogen) atoms. The lowest BCUT2D eigenvalue weighted by Crippen LogP contribution is -2.32. The van der Waals surface area contributed by atoms with Gasteiger partial charge in [-0.2, -0.15) is 0 Å². The second kappa shape index (κ2) is 4.42. The van der Waals surface area contributed by atoms with Gasteiger partial charge in [-0.15, -0.1) is 0 Å². The van der Waals surface area contributed by atoms with Gasteiger partial charge in [0.2, 0.25) is 5.91 Å². The van der Waals surface area contributed by atoms with Crippen LogP contribution in [0.25, 0.3) is 0 Å². The predicted molar refractivity (Wildman–Crippen MR) is 45.4 cm³/mol. The second-order valence-electron chi connectivity index (χ2n) is 3.07. The number of carbonyl (C=O) groups excluding carboxylic acids is 1. The summed E-state index contributed by atoms with van der Waals surface area (Å²) in [6.45, 7) is 1.04. The van der Waals surface area contributed by atoms with Gasteiger partial charge in [0.1, 0.15) is 0 Å². The molecular weight excluding hydrogens is 156 g/mol. The van der Waals surface area contributed by atoms with Gasteiger partial charge in [0.05, 0.1) is 7.11 Å². The van der Waals surface area contributed by atoms with Gasteiger partial charge in [-0.1, -0.05) is 0 Å². The smallest absolute Gasteiger partial charge is 0.247 e. The maximum absolute atomic E-state index is 11.3. The minimum Gasteiger partial charge on any atom is -0.313 e. The predicted octanol–water partition coefficient (Wildman–Crippen LogP) is 0.148. The largest absolute Gasteiger partial charge is 0.313 e. The van der Waals surface area contributed by atoms with Crippen molar-refractivity contribution in [2.75, 3.05) is 20.7 Å². The van der Waals surface area contributed by atoms with Crippen LogP contribution in [0, 0.1) is 0 Å². The third-order valence-electron chi connectivity index (χ3n) is 2.21. The van der Waals surface area contributed by atoms with E-state index in [-0.39, 0.29) is 5.91 Å². The number of hydroxylamine groups is 2. The van der Waals surface area contributed by atoms with Gasteiger partial charge >= 0.3 is 0 Å². The minimum absolute atomic E-state index is 0.0388. The molecule has 0 bridgehead atoms. The number of rotatable bonds is 3. The molecule has 4 nitrogen and oxygen atoms in total. The molecule has 1 amide bonds. The Morgan fingerprint density at radius 1 is 1.75 bits per heavy atom. The molecule has 0 aliphatic carbocycles. The third kappa shape index (κ3) is 2.46. The SMILES string of the molecule is CON(C)C(=O)CC1CCCN1. The van der Waals surface area contributed by atoms with Gasteiger partial charge in [0.25, 0.3) is 0 Å². The van der Waals surface area contributed by atoms with Crippen LogP contribution in [0.15, 0.2) is 0 Å². The van der Waals surface area contributed by atoms with E-state index in [1.807, 2.05) is 0 Å². The van der Waals surface area contributed by atoms with E-state index in [1.165, 1.54) is 18.6 Å². The Labute approximate surface area is 72.8 Å². The van der Waals surface area contributed by atoms with Crippen LogP contribution in [0.4, 0.5) is 0 Å². The van der Waals surface area contributed by atoms with Gasteiger partial charge in [-0.05, 0) is 19.4 Å². The molecule has 0 aromatic heterocycles. The normalized spacial score (nSPS) is 22.7. The Bertz CT molecular complexity index is 155. The second-order valence-corrected chi connectivity index (χ2v) is 3.07. The van der Waals surface area contributed by atoms with E-state index in [2.05, 4.69) is 5.32 Å². The first-order valence-corrected chi connectivity index (χ1v) is 4.28. The Morgan fingerprint density at radius 3 is 3.00 bits per heavy atom. The summed E-state index contributed by atoms with van der Waals surface area (Å²) in [6.07, 6.45) is 2.82. The van der Waals surface area contributed by atoms with Crippen LogP contribution in [-0.2, 0) is 9.63 Å². The van der Waals surface area contributed by atoms with E-state index in [4.69, 9.17) is 4.84 Å². The summed E-state index contributed by atoms with van der Waals surface area (Å²) in [5.74, 6) is 0.0388. The molecular formula is C8H16N2O2. The number of amides is 1. The highest BCUT2D eigenvalue weighted by Crippen LogP contribution is 2.09. The van der Waals surface area contributed by atoms with Gasteiger partial charge < -0.3 is 5.32 Å². The zero-order valence-corrected chi connectivity index (χ0v) is 7.67. The van der Waals surface area contributed by atoms with Crippen LogP contribution in [0.2, 0.25) is 0 Å². The molecule has 70 valence electrons. The summed E-state index contributed by atoms with van der Waals surface area (Å²) in [5.41, 5.74) is 0. The lowest BCUT2D eigenvalue weighted by Gasteiger charge is -2.16. The molecule has 1 unspecified atom stereocenters. The van der Waals surface area contributed by atoms with Crippen molar-refractivity contribution in [2.45, 2.75) is 25.3 Å². The Kier molecular flexibility index (Phi) is 3.49. The highest BCUT2D eigenvalue weighted by atomic mass is 16.7. The Balaban J connectivity index is 2.25. The molecule has 0 saturated carbocycles. The summed E-state index contributed by atoms with van der Waals surface area (Å²) in [4.78, 5) is 16.1. The molecule has 0 aromatic rings. The fraction of sp³-hybridized carbons (Fsp3) is 0.875. The molecule has 0 radical (unpaired) electrons. The van der Waals surface area contributed by atoms with E-state index < -0.39 is 0 Å². The molecule has 1 fully saturated rings.